The molecule has 1 heterocycles. The van der Waals surface area contributed by atoms with Crippen molar-refractivity contribution >= 4 is 15.7 Å². The fourth-order valence-corrected chi connectivity index (χ4v) is 5.92. The number of benzene rings is 2. The molecule has 2 unspecified atom stereocenters. The molecule has 0 saturated heterocycles. The van der Waals surface area contributed by atoms with Gasteiger partial charge in [0, 0.05) is 36.6 Å². The Balaban J connectivity index is 1.77. The highest BCUT2D eigenvalue weighted by Crippen LogP contribution is 2.54. The minimum Gasteiger partial charge on any atom is -0.507 e. The van der Waals surface area contributed by atoms with E-state index in [1.54, 1.807) is 30.3 Å². The van der Waals surface area contributed by atoms with E-state index in [2.05, 4.69) is 26.8 Å². The highest BCUT2D eigenvalue weighted by molar-refractivity contribution is 7.92. The van der Waals surface area contributed by atoms with E-state index < -0.39 is 15.6 Å². The molecule has 1 aliphatic carbocycles. The lowest BCUT2D eigenvalue weighted by molar-refractivity contribution is 0.00769. The monoisotopic (exact) mass is 427 g/mol. The smallest absolute Gasteiger partial charge is 0.264 e. The molecule has 0 spiro atoms. The molecule has 0 saturated carbocycles. The summed E-state index contributed by atoms with van der Waals surface area (Å²) in [4.78, 5) is 0.210. The number of hydrogen-bond donors (Lipinski definition) is 1. The third kappa shape index (κ3) is 3.37. The lowest BCUT2D eigenvalue weighted by atomic mass is 9.67. The van der Waals surface area contributed by atoms with Gasteiger partial charge in [0.25, 0.3) is 10.0 Å². The predicted octanol–water partition coefficient (Wildman–Crippen LogP) is 5.14. The Bertz CT molecular complexity index is 1120. The molecule has 0 aromatic heterocycles. The van der Waals surface area contributed by atoms with Crippen LogP contribution in [0.15, 0.2) is 52.9 Å². The second-order valence-electron chi connectivity index (χ2n) is 9.07. The lowest BCUT2D eigenvalue weighted by Gasteiger charge is -2.47. The second-order valence-corrected chi connectivity index (χ2v) is 11.0. The molecule has 4 rings (SSSR count). The van der Waals surface area contributed by atoms with Gasteiger partial charge in [-0.2, -0.15) is 0 Å². The molecule has 2 atom stereocenters. The lowest BCUT2D eigenvalue weighted by Crippen LogP contribution is -2.45. The van der Waals surface area contributed by atoms with Crippen molar-refractivity contribution in [2.24, 2.45) is 5.92 Å². The fraction of sp³-hybridized carbons (Fsp3) is 0.417. The average molecular weight is 428 g/mol. The van der Waals surface area contributed by atoms with Gasteiger partial charge < -0.3 is 9.84 Å². The standard InChI is InChI=1S/C24H29NO4S/c1-15-6-9-18(10-7-15)30(27,28)25(5)17-13-21(26)23-19-12-16(2)8-11-20(19)24(3,4)29-22(23)14-17/h6-10,13-14,19-20,26H,11-12H2,1-5H3. The molecule has 0 bridgehead atoms. The number of aromatic hydroxyl groups is 1. The number of allylic oxidation sites excluding steroid dienone is 2. The van der Waals surface area contributed by atoms with Gasteiger partial charge in [0.1, 0.15) is 17.1 Å². The van der Waals surface area contributed by atoms with Gasteiger partial charge in [-0.25, -0.2) is 8.42 Å². The van der Waals surface area contributed by atoms with Crippen LogP contribution in [0.5, 0.6) is 11.5 Å². The number of phenols is 1. The molecular formula is C24H29NO4S. The molecule has 2 aromatic carbocycles. The van der Waals surface area contributed by atoms with Crippen molar-refractivity contribution in [3.8, 4) is 11.5 Å². The van der Waals surface area contributed by atoms with Crippen molar-refractivity contribution in [2.45, 2.75) is 57.0 Å². The third-order valence-corrected chi connectivity index (χ3v) is 8.33. The van der Waals surface area contributed by atoms with E-state index >= 15 is 0 Å². The summed E-state index contributed by atoms with van der Waals surface area (Å²) in [7, 11) is -2.25. The number of nitrogens with zero attached hydrogens (tertiary/aromatic N) is 1. The first kappa shape index (κ1) is 20.8. The van der Waals surface area contributed by atoms with E-state index in [0.29, 0.717) is 11.4 Å². The van der Waals surface area contributed by atoms with E-state index in [1.165, 1.54) is 23.0 Å². The van der Waals surface area contributed by atoms with Crippen molar-refractivity contribution < 1.29 is 18.3 Å². The maximum Gasteiger partial charge on any atom is 0.264 e. The molecule has 2 aromatic rings. The third-order valence-electron chi connectivity index (χ3n) is 6.53. The van der Waals surface area contributed by atoms with Crippen LogP contribution in [0.1, 0.15) is 50.7 Å². The number of aryl methyl sites for hydroxylation is 1. The molecule has 0 amide bonds. The zero-order valence-electron chi connectivity index (χ0n) is 18.1. The normalized spacial score (nSPS) is 22.4. The molecule has 2 aliphatic rings. The van der Waals surface area contributed by atoms with Crippen LogP contribution in [0.3, 0.4) is 0 Å². The Labute approximate surface area is 179 Å². The largest absolute Gasteiger partial charge is 0.507 e. The number of anilines is 1. The van der Waals surface area contributed by atoms with Gasteiger partial charge in [-0.15, -0.1) is 0 Å². The summed E-state index contributed by atoms with van der Waals surface area (Å²) in [6.45, 7) is 8.17. The van der Waals surface area contributed by atoms with E-state index in [0.717, 1.165) is 24.0 Å². The number of ether oxygens (including phenoxy) is 1. The summed E-state index contributed by atoms with van der Waals surface area (Å²) in [6.07, 6.45) is 4.03. The summed E-state index contributed by atoms with van der Waals surface area (Å²) in [5, 5.41) is 10.9. The van der Waals surface area contributed by atoms with Gasteiger partial charge >= 0.3 is 0 Å². The van der Waals surface area contributed by atoms with Crippen LogP contribution in [0.4, 0.5) is 5.69 Å². The van der Waals surface area contributed by atoms with Crippen LogP contribution in [0.25, 0.3) is 0 Å². The minimum absolute atomic E-state index is 0.0913. The Kier molecular flexibility index (Phi) is 4.88. The first-order valence-electron chi connectivity index (χ1n) is 10.3. The van der Waals surface area contributed by atoms with Crippen LogP contribution in [-0.4, -0.2) is 26.2 Å². The molecule has 5 nitrogen and oxygen atoms in total. The van der Waals surface area contributed by atoms with E-state index in [4.69, 9.17) is 4.74 Å². The number of phenolic OH excluding ortho intramolecular Hbond substituents is 1. The average Bonchev–Trinajstić information content (AvgIpc) is 2.66. The van der Waals surface area contributed by atoms with Crippen molar-refractivity contribution in [1.29, 1.82) is 0 Å². The number of hydrogen-bond acceptors (Lipinski definition) is 4. The summed E-state index contributed by atoms with van der Waals surface area (Å²) >= 11 is 0. The van der Waals surface area contributed by atoms with E-state index in [-0.39, 0.29) is 22.5 Å². The molecule has 0 radical (unpaired) electrons. The van der Waals surface area contributed by atoms with Gasteiger partial charge in [-0.1, -0.05) is 29.3 Å². The summed E-state index contributed by atoms with van der Waals surface area (Å²) in [5.74, 6) is 1.08. The number of sulfonamides is 1. The second kappa shape index (κ2) is 7.05. The topological polar surface area (TPSA) is 66.8 Å². The van der Waals surface area contributed by atoms with Crippen molar-refractivity contribution in [3.63, 3.8) is 0 Å². The first-order chi connectivity index (χ1) is 14.0. The van der Waals surface area contributed by atoms with Crippen LogP contribution in [0.2, 0.25) is 0 Å². The minimum atomic E-state index is -3.76. The van der Waals surface area contributed by atoms with E-state index in [1.807, 2.05) is 6.92 Å². The SMILES string of the molecule is CC1=CCC2C(C1)c1c(O)cc(N(C)S(=O)(=O)c3ccc(C)cc3)cc1OC2(C)C. The van der Waals surface area contributed by atoms with Crippen molar-refractivity contribution in [3.05, 3.63) is 59.2 Å². The molecule has 30 heavy (non-hydrogen) atoms. The maximum absolute atomic E-state index is 13.1. The summed E-state index contributed by atoms with van der Waals surface area (Å²) in [6, 6.07) is 10.0. The molecule has 1 aliphatic heterocycles. The van der Waals surface area contributed by atoms with Gasteiger partial charge in [0.05, 0.1) is 10.6 Å². The molecule has 0 fully saturated rings. The van der Waals surface area contributed by atoms with Gasteiger partial charge in [-0.05, 0) is 52.7 Å². The molecule has 6 heteroatoms. The molecular weight excluding hydrogens is 398 g/mol. The maximum atomic E-state index is 13.1. The van der Waals surface area contributed by atoms with Crippen LogP contribution in [-0.2, 0) is 10.0 Å². The van der Waals surface area contributed by atoms with Crippen LogP contribution in [0, 0.1) is 12.8 Å². The molecule has 160 valence electrons. The van der Waals surface area contributed by atoms with Crippen LogP contribution >= 0.6 is 0 Å². The number of fused-ring (bicyclic) bond motifs is 3. The van der Waals surface area contributed by atoms with Crippen molar-refractivity contribution in [1.82, 2.24) is 0 Å². The van der Waals surface area contributed by atoms with Gasteiger partial charge in [0.15, 0.2) is 0 Å². The Hall–Kier alpha value is -2.47. The quantitative estimate of drug-likeness (QED) is 0.689. The van der Waals surface area contributed by atoms with Gasteiger partial charge in [-0.3, -0.25) is 4.31 Å². The summed E-state index contributed by atoms with van der Waals surface area (Å²) in [5.41, 5.74) is 3.06. The Morgan fingerprint density at radius 2 is 1.80 bits per heavy atom. The highest BCUT2D eigenvalue weighted by atomic mass is 32.2. The van der Waals surface area contributed by atoms with E-state index in [9.17, 15) is 13.5 Å². The Morgan fingerprint density at radius 3 is 2.47 bits per heavy atom. The first-order valence-corrected chi connectivity index (χ1v) is 11.7. The van der Waals surface area contributed by atoms with Gasteiger partial charge in [0.2, 0.25) is 0 Å². The van der Waals surface area contributed by atoms with Crippen molar-refractivity contribution in [2.75, 3.05) is 11.4 Å². The molecule has 1 N–H and O–H groups in total. The summed E-state index contributed by atoms with van der Waals surface area (Å²) < 4.78 is 33.8. The number of rotatable bonds is 3. The fourth-order valence-electron chi connectivity index (χ4n) is 4.74. The highest BCUT2D eigenvalue weighted by Gasteiger charge is 2.46. The van der Waals surface area contributed by atoms with Crippen LogP contribution < -0.4 is 9.04 Å². The predicted molar refractivity (Wildman–Crippen MR) is 119 cm³/mol. The zero-order chi connectivity index (χ0) is 21.8. The zero-order valence-corrected chi connectivity index (χ0v) is 19.0. The Morgan fingerprint density at radius 1 is 1.13 bits per heavy atom.